The van der Waals surface area contributed by atoms with E-state index in [0.717, 1.165) is 23.4 Å². The van der Waals surface area contributed by atoms with Crippen LogP contribution in [0.4, 0.5) is 9.93 Å². The second kappa shape index (κ2) is 9.38. The van der Waals surface area contributed by atoms with E-state index in [-0.39, 0.29) is 18.2 Å². The van der Waals surface area contributed by atoms with E-state index in [0.29, 0.717) is 16.6 Å². The fourth-order valence-electron chi connectivity index (χ4n) is 2.34. The number of carbonyl (C=O) groups excluding carboxylic acids is 1. The lowest BCUT2D eigenvalue weighted by atomic mass is 10.1. The van der Waals surface area contributed by atoms with E-state index in [4.69, 9.17) is 9.47 Å². The second-order valence-corrected chi connectivity index (χ2v) is 7.21. The van der Waals surface area contributed by atoms with Crippen LogP contribution in [0.1, 0.15) is 50.7 Å². The van der Waals surface area contributed by atoms with Crippen LogP contribution in [0.3, 0.4) is 0 Å². The van der Waals surface area contributed by atoms with Crippen LogP contribution in [-0.2, 0) is 6.42 Å². The van der Waals surface area contributed by atoms with Gasteiger partial charge < -0.3 is 14.8 Å². The Balaban J connectivity index is 1.99. The monoisotopic (exact) mass is 378 g/mol. The molecule has 2 rings (SSSR count). The van der Waals surface area contributed by atoms with Crippen molar-refractivity contribution in [3.05, 3.63) is 28.8 Å². The van der Waals surface area contributed by atoms with Gasteiger partial charge in [0, 0.05) is 6.42 Å². The minimum absolute atomic E-state index is 0.0561. The van der Waals surface area contributed by atoms with E-state index in [1.807, 2.05) is 39.0 Å². The first kappa shape index (κ1) is 20.0. The average Bonchev–Trinajstić information content (AvgIpc) is 3.01. The Kier molecular flexibility index (Phi) is 7.20. The predicted molar refractivity (Wildman–Crippen MR) is 103 cm³/mol. The van der Waals surface area contributed by atoms with Crippen molar-refractivity contribution >= 4 is 22.5 Å². The number of urea groups is 1. The Morgan fingerprint density at radius 1 is 1.23 bits per heavy atom. The summed E-state index contributed by atoms with van der Waals surface area (Å²) in [6.07, 6.45) is 1.92. The van der Waals surface area contributed by atoms with Crippen LogP contribution in [0.5, 0.6) is 11.5 Å². The Bertz CT molecular complexity index is 733. The first-order valence-corrected chi connectivity index (χ1v) is 9.49. The third-order valence-electron chi connectivity index (χ3n) is 3.55. The minimum atomic E-state index is -0.321. The number of nitrogens with one attached hydrogen (secondary N) is 2. The summed E-state index contributed by atoms with van der Waals surface area (Å²) in [6.45, 7) is 7.90. The van der Waals surface area contributed by atoms with Gasteiger partial charge in [0.1, 0.15) is 5.01 Å². The molecule has 1 heterocycles. The van der Waals surface area contributed by atoms with Crippen LogP contribution in [-0.4, -0.2) is 29.4 Å². The summed E-state index contributed by atoms with van der Waals surface area (Å²) in [5.74, 6) is 1.32. The van der Waals surface area contributed by atoms with Gasteiger partial charge in [-0.25, -0.2) is 4.79 Å². The Hall–Kier alpha value is -2.35. The SMILES string of the molecule is CCCc1nnc(NC(=O)NC(C)c2ccc(OC(C)C)c(OC)c2)s1. The zero-order valence-corrected chi connectivity index (χ0v) is 16.6. The molecule has 0 spiro atoms. The molecular weight excluding hydrogens is 352 g/mol. The van der Waals surface area contributed by atoms with Gasteiger partial charge in [-0.3, -0.25) is 5.32 Å². The molecule has 2 aromatic rings. The summed E-state index contributed by atoms with van der Waals surface area (Å²) in [5, 5.41) is 15.1. The quantitative estimate of drug-likeness (QED) is 0.720. The highest BCUT2D eigenvalue weighted by Gasteiger charge is 2.15. The van der Waals surface area contributed by atoms with Crippen molar-refractivity contribution in [1.29, 1.82) is 0 Å². The molecule has 26 heavy (non-hydrogen) atoms. The molecule has 0 aliphatic heterocycles. The molecule has 0 saturated heterocycles. The normalized spacial score (nSPS) is 11.9. The molecule has 0 radical (unpaired) electrons. The number of anilines is 1. The third kappa shape index (κ3) is 5.59. The zero-order valence-electron chi connectivity index (χ0n) is 15.8. The van der Waals surface area contributed by atoms with E-state index in [1.54, 1.807) is 7.11 Å². The van der Waals surface area contributed by atoms with Crippen molar-refractivity contribution < 1.29 is 14.3 Å². The van der Waals surface area contributed by atoms with Gasteiger partial charge in [-0.05, 0) is 44.9 Å². The number of aromatic nitrogens is 2. The van der Waals surface area contributed by atoms with E-state index in [2.05, 4.69) is 27.8 Å². The number of methoxy groups -OCH3 is 1. The highest BCUT2D eigenvalue weighted by molar-refractivity contribution is 7.15. The number of ether oxygens (including phenoxy) is 2. The predicted octanol–water partition coefficient (Wildman–Crippen LogP) is 4.17. The summed E-state index contributed by atoms with van der Waals surface area (Å²) in [5.41, 5.74) is 0.914. The number of nitrogens with zero attached hydrogens (tertiary/aromatic N) is 2. The molecule has 1 aromatic carbocycles. The Morgan fingerprint density at radius 2 is 2.00 bits per heavy atom. The third-order valence-corrected chi connectivity index (χ3v) is 4.45. The van der Waals surface area contributed by atoms with Crippen LogP contribution in [0.15, 0.2) is 18.2 Å². The molecule has 0 aliphatic rings. The standard InChI is InChI=1S/C18H26N4O3S/c1-6-7-16-21-22-18(26-16)20-17(23)19-12(4)13-8-9-14(25-11(2)3)15(10-13)24-5/h8-12H,6-7H2,1-5H3,(H2,19,20,22,23). The maximum atomic E-state index is 12.2. The lowest BCUT2D eigenvalue weighted by Gasteiger charge is -2.18. The number of hydrogen-bond acceptors (Lipinski definition) is 6. The second-order valence-electron chi connectivity index (χ2n) is 6.15. The number of amides is 2. The summed E-state index contributed by atoms with van der Waals surface area (Å²) < 4.78 is 11.1. The Morgan fingerprint density at radius 3 is 2.65 bits per heavy atom. The van der Waals surface area contributed by atoms with Gasteiger partial charge in [0.2, 0.25) is 5.13 Å². The largest absolute Gasteiger partial charge is 0.493 e. The molecular formula is C18H26N4O3S. The number of aryl methyl sites for hydroxylation is 1. The molecule has 142 valence electrons. The van der Waals surface area contributed by atoms with Crippen LogP contribution in [0.25, 0.3) is 0 Å². The van der Waals surface area contributed by atoms with Crippen LogP contribution < -0.4 is 20.1 Å². The molecule has 0 saturated carbocycles. The van der Waals surface area contributed by atoms with Crippen molar-refractivity contribution in [2.24, 2.45) is 0 Å². The van der Waals surface area contributed by atoms with Crippen molar-refractivity contribution in [2.45, 2.75) is 52.7 Å². The summed E-state index contributed by atoms with van der Waals surface area (Å²) >= 11 is 1.39. The molecule has 1 unspecified atom stereocenters. The van der Waals surface area contributed by atoms with E-state index >= 15 is 0 Å². The van der Waals surface area contributed by atoms with Crippen LogP contribution >= 0.6 is 11.3 Å². The molecule has 1 aromatic heterocycles. The van der Waals surface area contributed by atoms with Gasteiger partial charge in [0.05, 0.1) is 19.3 Å². The molecule has 2 amide bonds. The van der Waals surface area contributed by atoms with Crippen LogP contribution in [0.2, 0.25) is 0 Å². The maximum absolute atomic E-state index is 12.2. The van der Waals surface area contributed by atoms with E-state index in [1.165, 1.54) is 11.3 Å². The Labute approximate surface area is 158 Å². The van der Waals surface area contributed by atoms with Gasteiger partial charge in [-0.1, -0.05) is 24.3 Å². The van der Waals surface area contributed by atoms with Gasteiger partial charge in [0.15, 0.2) is 11.5 Å². The fraction of sp³-hybridized carbons (Fsp3) is 0.500. The highest BCUT2D eigenvalue weighted by Crippen LogP contribution is 2.31. The first-order chi connectivity index (χ1) is 12.4. The number of carbonyl (C=O) groups is 1. The average molecular weight is 378 g/mol. The summed E-state index contributed by atoms with van der Waals surface area (Å²) in [4.78, 5) is 12.2. The number of rotatable bonds is 8. The molecule has 8 heteroatoms. The van der Waals surface area contributed by atoms with Gasteiger partial charge in [0.25, 0.3) is 0 Å². The van der Waals surface area contributed by atoms with Crippen molar-refractivity contribution in [3.63, 3.8) is 0 Å². The topological polar surface area (TPSA) is 85.4 Å². The smallest absolute Gasteiger partial charge is 0.321 e. The molecule has 7 nitrogen and oxygen atoms in total. The zero-order chi connectivity index (χ0) is 19.1. The minimum Gasteiger partial charge on any atom is -0.493 e. The summed E-state index contributed by atoms with van der Waals surface area (Å²) in [6, 6.07) is 5.10. The first-order valence-electron chi connectivity index (χ1n) is 8.67. The molecule has 0 aliphatic carbocycles. The number of benzene rings is 1. The fourth-order valence-corrected chi connectivity index (χ4v) is 3.17. The molecule has 0 bridgehead atoms. The van der Waals surface area contributed by atoms with E-state index < -0.39 is 0 Å². The van der Waals surface area contributed by atoms with Gasteiger partial charge in [-0.15, -0.1) is 10.2 Å². The molecule has 0 fully saturated rings. The van der Waals surface area contributed by atoms with Crippen LogP contribution in [0, 0.1) is 0 Å². The molecule has 1 atom stereocenters. The van der Waals surface area contributed by atoms with Gasteiger partial charge >= 0.3 is 6.03 Å². The van der Waals surface area contributed by atoms with Crippen molar-refractivity contribution in [2.75, 3.05) is 12.4 Å². The number of hydrogen-bond donors (Lipinski definition) is 2. The van der Waals surface area contributed by atoms with Gasteiger partial charge in [-0.2, -0.15) is 0 Å². The van der Waals surface area contributed by atoms with Crippen molar-refractivity contribution in [3.8, 4) is 11.5 Å². The lowest BCUT2D eigenvalue weighted by Crippen LogP contribution is -2.31. The molecule has 2 N–H and O–H groups in total. The summed E-state index contributed by atoms with van der Waals surface area (Å²) in [7, 11) is 1.60. The van der Waals surface area contributed by atoms with E-state index in [9.17, 15) is 4.79 Å². The highest BCUT2D eigenvalue weighted by atomic mass is 32.1. The van der Waals surface area contributed by atoms with Crippen molar-refractivity contribution in [1.82, 2.24) is 15.5 Å². The maximum Gasteiger partial charge on any atom is 0.321 e. The lowest BCUT2D eigenvalue weighted by molar-refractivity contribution is 0.230.